The summed E-state index contributed by atoms with van der Waals surface area (Å²) < 4.78 is 0. The summed E-state index contributed by atoms with van der Waals surface area (Å²) >= 11 is 0. The normalized spacial score (nSPS) is 7.67. The van der Waals surface area contributed by atoms with Gasteiger partial charge in [-0.25, -0.2) is 0 Å². The molecule has 0 heteroatoms. The molecule has 0 amide bonds. The van der Waals surface area contributed by atoms with Crippen molar-refractivity contribution in [3.8, 4) is 11.8 Å². The van der Waals surface area contributed by atoms with Crippen LogP contribution in [0.2, 0.25) is 0 Å². The van der Waals surface area contributed by atoms with E-state index in [0.717, 1.165) is 0 Å². The van der Waals surface area contributed by atoms with Gasteiger partial charge in [0.05, 0.1) is 0 Å². The Morgan fingerprint density at radius 2 is 2.17 bits per heavy atom. The number of hydrogen-bond donors (Lipinski definition) is 0. The van der Waals surface area contributed by atoms with Crippen LogP contribution >= 0.6 is 0 Å². The molecule has 0 spiro atoms. The van der Waals surface area contributed by atoms with Crippen LogP contribution in [0, 0.1) is 11.8 Å². The average Bonchev–Trinajstić information content (AvgIpc) is 1.61. The molecule has 0 unspecified atom stereocenters. The van der Waals surface area contributed by atoms with Crippen molar-refractivity contribution in [3.05, 3.63) is 12.2 Å². The van der Waals surface area contributed by atoms with E-state index < -0.39 is 0 Å². The van der Waals surface area contributed by atoms with Crippen LogP contribution < -0.4 is 0 Å². The third-order valence-electron chi connectivity index (χ3n) is 0.394. The van der Waals surface area contributed by atoms with Gasteiger partial charge in [-0.1, -0.05) is 12.0 Å². The van der Waals surface area contributed by atoms with Crippen molar-refractivity contribution in [1.29, 1.82) is 0 Å². The Kier molecular flexibility index (Phi) is 3.80. The first kappa shape index (κ1) is 5.30. The molecule has 0 nitrogen and oxygen atoms in total. The fourth-order valence-corrected chi connectivity index (χ4v) is 0.167. The molecular weight excluding hydrogens is 72.1 g/mol. The second kappa shape index (κ2) is 4.30. The van der Waals surface area contributed by atoms with Gasteiger partial charge in [0.1, 0.15) is 0 Å². The average molecular weight is 80.1 g/mol. The molecule has 0 fully saturated rings. The van der Waals surface area contributed by atoms with Crippen molar-refractivity contribution in [2.24, 2.45) is 0 Å². The van der Waals surface area contributed by atoms with Gasteiger partial charge in [-0.3, -0.25) is 0 Å². The van der Waals surface area contributed by atoms with Crippen LogP contribution in [-0.4, -0.2) is 0 Å². The summed E-state index contributed by atoms with van der Waals surface area (Å²) in [7, 11) is 0. The van der Waals surface area contributed by atoms with Gasteiger partial charge in [-0.2, -0.15) is 0 Å². The fourth-order valence-electron chi connectivity index (χ4n) is 0.167. The van der Waals surface area contributed by atoms with Gasteiger partial charge in [-0.05, 0) is 19.9 Å². The highest BCUT2D eigenvalue weighted by atomic mass is 13.5. The topological polar surface area (TPSA) is 0 Å². The minimum atomic E-state index is 1.82. The highest BCUT2D eigenvalue weighted by Crippen LogP contribution is 1.61. The molecule has 0 aliphatic carbocycles. The maximum absolute atomic E-state index is 2.77. The lowest BCUT2D eigenvalue weighted by atomic mass is 10.5. The van der Waals surface area contributed by atoms with Crippen LogP contribution in [-0.2, 0) is 0 Å². The molecule has 0 rings (SSSR count). The summed E-state index contributed by atoms with van der Waals surface area (Å²) in [6, 6.07) is 0. The summed E-state index contributed by atoms with van der Waals surface area (Å²) in [5.41, 5.74) is 0. The van der Waals surface area contributed by atoms with Gasteiger partial charge in [-0.15, -0.1) is 5.92 Å². The molecule has 0 aliphatic heterocycles. The minimum Gasteiger partial charge on any atom is -0.102 e. The Labute approximate surface area is 38.9 Å². The van der Waals surface area contributed by atoms with Crippen LogP contribution in [0.4, 0.5) is 0 Å². The molecule has 0 atom stereocenters. The minimum absolute atomic E-state index is 1.82. The van der Waals surface area contributed by atoms with Gasteiger partial charge in [0.15, 0.2) is 0 Å². The van der Waals surface area contributed by atoms with Crippen LogP contribution in [0.25, 0.3) is 0 Å². The third-order valence-corrected chi connectivity index (χ3v) is 0.394. The van der Waals surface area contributed by atoms with E-state index in [1.807, 2.05) is 26.0 Å². The molecule has 0 aromatic heterocycles. The second-order valence-electron chi connectivity index (χ2n) is 0.894. The van der Waals surface area contributed by atoms with Crippen molar-refractivity contribution >= 4 is 0 Å². The fraction of sp³-hybridized carbons (Fsp3) is 0.333. The Balaban J connectivity index is 3.24. The summed E-state index contributed by atoms with van der Waals surface area (Å²) in [5.74, 6) is 5.50. The van der Waals surface area contributed by atoms with Crippen LogP contribution in [0.3, 0.4) is 0 Å². The summed E-state index contributed by atoms with van der Waals surface area (Å²) in [6.07, 6.45) is 3.73. The highest BCUT2D eigenvalue weighted by Gasteiger charge is 1.45. The van der Waals surface area contributed by atoms with E-state index in [4.69, 9.17) is 0 Å². The Hall–Kier alpha value is -0.700. The maximum atomic E-state index is 2.77. The van der Waals surface area contributed by atoms with Gasteiger partial charge in [0.2, 0.25) is 0 Å². The van der Waals surface area contributed by atoms with E-state index in [1.54, 1.807) is 0 Å². The molecule has 0 saturated heterocycles. The van der Waals surface area contributed by atoms with E-state index >= 15 is 0 Å². The zero-order chi connectivity index (χ0) is 4.83. The van der Waals surface area contributed by atoms with Crippen LogP contribution in [0.1, 0.15) is 13.8 Å². The smallest absolute Gasteiger partial charge is 0.00235 e. The predicted octanol–water partition coefficient (Wildman–Crippen LogP) is 1.59. The van der Waals surface area contributed by atoms with E-state index in [1.165, 1.54) is 0 Å². The lowest BCUT2D eigenvalue weighted by Gasteiger charge is -1.56. The van der Waals surface area contributed by atoms with E-state index in [-0.39, 0.29) is 0 Å². The number of rotatable bonds is 0. The van der Waals surface area contributed by atoms with Crippen molar-refractivity contribution in [2.75, 3.05) is 0 Å². The quantitative estimate of drug-likeness (QED) is 0.387. The Morgan fingerprint density at radius 3 is 2.33 bits per heavy atom. The lowest BCUT2D eigenvalue weighted by Crippen LogP contribution is -1.41. The van der Waals surface area contributed by atoms with E-state index in [2.05, 4.69) is 11.8 Å². The SMILES string of the molecule is CC#C/C=C/C. The molecular formula is C6H8. The second-order valence-corrected chi connectivity index (χ2v) is 0.894. The monoisotopic (exact) mass is 80.1 g/mol. The number of allylic oxidation sites excluding steroid dienone is 2. The third kappa shape index (κ3) is 3.30. The van der Waals surface area contributed by atoms with Crippen molar-refractivity contribution in [2.45, 2.75) is 13.8 Å². The van der Waals surface area contributed by atoms with Crippen molar-refractivity contribution in [1.82, 2.24) is 0 Å². The molecule has 6 heavy (non-hydrogen) atoms. The number of hydrogen-bond acceptors (Lipinski definition) is 0. The van der Waals surface area contributed by atoms with Gasteiger partial charge in [0, 0.05) is 0 Å². The first-order valence-electron chi connectivity index (χ1n) is 1.95. The van der Waals surface area contributed by atoms with E-state index in [0.29, 0.717) is 0 Å². The highest BCUT2D eigenvalue weighted by molar-refractivity contribution is 5.12. The molecule has 0 aromatic rings. The molecule has 0 heterocycles. The zero-order valence-electron chi connectivity index (χ0n) is 4.15. The molecule has 0 N–H and O–H groups in total. The molecule has 0 saturated carbocycles. The van der Waals surface area contributed by atoms with Crippen LogP contribution in [0.5, 0.6) is 0 Å². The summed E-state index contributed by atoms with van der Waals surface area (Å²) in [5, 5.41) is 0. The predicted molar refractivity (Wildman–Crippen MR) is 28.3 cm³/mol. The van der Waals surface area contributed by atoms with Gasteiger partial charge < -0.3 is 0 Å². The molecule has 0 bridgehead atoms. The van der Waals surface area contributed by atoms with Crippen LogP contribution in [0.15, 0.2) is 12.2 Å². The van der Waals surface area contributed by atoms with Gasteiger partial charge >= 0.3 is 0 Å². The van der Waals surface area contributed by atoms with Crippen molar-refractivity contribution in [3.63, 3.8) is 0 Å². The van der Waals surface area contributed by atoms with Crippen molar-refractivity contribution < 1.29 is 0 Å². The first-order valence-corrected chi connectivity index (χ1v) is 1.95. The lowest BCUT2D eigenvalue weighted by molar-refractivity contribution is 1.75. The van der Waals surface area contributed by atoms with E-state index in [9.17, 15) is 0 Å². The standard InChI is InChI=1S/C6H8/c1-3-5-6-4-2/h3,5H,1-2H3/b5-3+. The Morgan fingerprint density at radius 1 is 1.50 bits per heavy atom. The molecule has 0 aromatic carbocycles. The molecule has 0 radical (unpaired) electrons. The largest absolute Gasteiger partial charge is 0.102 e. The Bertz CT molecular complexity index is 88.3. The molecule has 32 valence electrons. The maximum Gasteiger partial charge on any atom is -0.00235 e. The molecule has 0 aliphatic rings. The summed E-state index contributed by atoms with van der Waals surface area (Å²) in [6.45, 7) is 3.77. The first-order chi connectivity index (χ1) is 2.91. The zero-order valence-corrected chi connectivity index (χ0v) is 4.15. The van der Waals surface area contributed by atoms with Gasteiger partial charge in [0.25, 0.3) is 0 Å². The summed E-state index contributed by atoms with van der Waals surface area (Å²) in [4.78, 5) is 0.